The van der Waals surface area contributed by atoms with Crippen LogP contribution >= 0.6 is 0 Å². The van der Waals surface area contributed by atoms with E-state index in [-0.39, 0.29) is 17.3 Å². The molecule has 0 spiro atoms. The highest BCUT2D eigenvalue weighted by Crippen LogP contribution is 2.36. The van der Waals surface area contributed by atoms with E-state index in [0.717, 1.165) is 60.2 Å². The van der Waals surface area contributed by atoms with Crippen LogP contribution in [0.3, 0.4) is 0 Å². The van der Waals surface area contributed by atoms with Gasteiger partial charge in [0.2, 0.25) is 5.88 Å². The highest BCUT2D eigenvalue weighted by Gasteiger charge is 2.32. The summed E-state index contributed by atoms with van der Waals surface area (Å²) in [6, 6.07) is 4.22. The zero-order valence-electron chi connectivity index (χ0n) is 20.0. The van der Waals surface area contributed by atoms with Gasteiger partial charge in [-0.15, -0.1) is 0 Å². The van der Waals surface area contributed by atoms with Crippen molar-refractivity contribution < 1.29 is 14.3 Å². The molecule has 5 rings (SSSR count). The van der Waals surface area contributed by atoms with Crippen molar-refractivity contribution in [1.29, 1.82) is 0 Å². The zero-order chi connectivity index (χ0) is 24.0. The van der Waals surface area contributed by atoms with Gasteiger partial charge in [0.15, 0.2) is 5.82 Å². The third-order valence-corrected chi connectivity index (χ3v) is 6.80. The van der Waals surface area contributed by atoms with Crippen LogP contribution in [0.15, 0.2) is 16.9 Å². The molecule has 0 saturated heterocycles. The van der Waals surface area contributed by atoms with Gasteiger partial charge in [0.25, 0.3) is 5.56 Å². The molecule has 0 aliphatic carbocycles. The van der Waals surface area contributed by atoms with Gasteiger partial charge < -0.3 is 15.2 Å². The Bertz CT molecular complexity index is 1300. The number of anilines is 1. The standard InChI is InChI=1S/C25H31N5O4/c1-4-16-13-15(3)14-17(5-2)19(16)21-23(31)29-9-11-33-12-10-30(29)24(21)34-25(32)20-18-7-6-8-28(18)27-22(20)26/h13-14H,4-12H2,1-3H3,(H2,26,27). The van der Waals surface area contributed by atoms with Crippen LogP contribution in [0.2, 0.25) is 0 Å². The topological polar surface area (TPSA) is 106 Å². The number of rotatable bonds is 5. The summed E-state index contributed by atoms with van der Waals surface area (Å²) in [6.45, 7) is 8.61. The Labute approximate surface area is 198 Å². The fourth-order valence-corrected chi connectivity index (χ4v) is 5.27. The van der Waals surface area contributed by atoms with E-state index in [4.69, 9.17) is 15.2 Å². The summed E-state index contributed by atoms with van der Waals surface area (Å²) in [5, 5.41) is 4.31. The molecule has 0 fully saturated rings. The Morgan fingerprint density at radius 1 is 1.09 bits per heavy atom. The van der Waals surface area contributed by atoms with Gasteiger partial charge in [-0.05, 0) is 49.3 Å². The predicted molar refractivity (Wildman–Crippen MR) is 128 cm³/mol. The average molecular weight is 466 g/mol. The fraction of sp³-hybridized carbons (Fsp3) is 0.480. The summed E-state index contributed by atoms with van der Waals surface area (Å²) in [5.74, 6) is -0.150. The number of hydrogen-bond donors (Lipinski definition) is 1. The van der Waals surface area contributed by atoms with Gasteiger partial charge in [0.1, 0.15) is 11.1 Å². The molecule has 0 unspecified atom stereocenters. The summed E-state index contributed by atoms with van der Waals surface area (Å²) < 4.78 is 16.8. The number of carbonyl (C=O) groups is 1. The van der Waals surface area contributed by atoms with E-state index in [0.29, 0.717) is 37.4 Å². The van der Waals surface area contributed by atoms with Gasteiger partial charge in [-0.3, -0.25) is 9.48 Å². The molecule has 9 heteroatoms. The quantitative estimate of drug-likeness (QED) is 0.581. The van der Waals surface area contributed by atoms with Crippen LogP contribution < -0.4 is 16.0 Å². The number of fused-ring (bicyclic) bond motifs is 2. The summed E-state index contributed by atoms with van der Waals surface area (Å²) >= 11 is 0. The van der Waals surface area contributed by atoms with Gasteiger partial charge in [0, 0.05) is 6.54 Å². The van der Waals surface area contributed by atoms with E-state index >= 15 is 0 Å². The van der Waals surface area contributed by atoms with Gasteiger partial charge in [-0.1, -0.05) is 31.5 Å². The van der Waals surface area contributed by atoms with E-state index < -0.39 is 5.97 Å². The molecular formula is C25H31N5O4. The number of nitrogens with two attached hydrogens (primary N) is 1. The van der Waals surface area contributed by atoms with E-state index in [9.17, 15) is 9.59 Å². The molecule has 0 saturated carbocycles. The predicted octanol–water partition coefficient (Wildman–Crippen LogP) is 2.72. The minimum atomic E-state index is -0.573. The number of ether oxygens (including phenoxy) is 2. The van der Waals surface area contributed by atoms with Gasteiger partial charge in [-0.25, -0.2) is 14.2 Å². The number of hydrogen-bond acceptors (Lipinski definition) is 6. The third-order valence-electron chi connectivity index (χ3n) is 6.80. The molecule has 0 bridgehead atoms. The van der Waals surface area contributed by atoms with Crippen molar-refractivity contribution in [3.63, 3.8) is 0 Å². The largest absolute Gasteiger partial charge is 0.403 e. The molecule has 2 N–H and O–H groups in total. The van der Waals surface area contributed by atoms with Crippen molar-refractivity contribution in [3.8, 4) is 17.0 Å². The van der Waals surface area contributed by atoms with Crippen molar-refractivity contribution in [2.24, 2.45) is 0 Å². The lowest BCUT2D eigenvalue weighted by Gasteiger charge is -2.16. The second kappa shape index (κ2) is 8.79. The number of aromatic nitrogens is 4. The minimum absolute atomic E-state index is 0.168. The Hall–Kier alpha value is -3.33. The first-order valence-corrected chi connectivity index (χ1v) is 12.1. The highest BCUT2D eigenvalue weighted by molar-refractivity contribution is 5.97. The maximum atomic E-state index is 13.8. The zero-order valence-corrected chi connectivity index (χ0v) is 20.0. The van der Waals surface area contributed by atoms with E-state index in [1.807, 2.05) is 0 Å². The second-order valence-corrected chi connectivity index (χ2v) is 8.93. The Morgan fingerprint density at radius 3 is 2.44 bits per heavy atom. The number of aryl methyl sites for hydroxylation is 4. The fourth-order valence-electron chi connectivity index (χ4n) is 5.27. The van der Waals surface area contributed by atoms with Crippen molar-refractivity contribution in [2.45, 2.75) is 66.1 Å². The first-order valence-electron chi connectivity index (χ1n) is 12.1. The van der Waals surface area contributed by atoms with Gasteiger partial charge in [-0.2, -0.15) is 5.10 Å². The average Bonchev–Trinajstić information content (AvgIpc) is 3.37. The second-order valence-electron chi connectivity index (χ2n) is 8.93. The summed E-state index contributed by atoms with van der Waals surface area (Å²) in [4.78, 5) is 27.3. The van der Waals surface area contributed by atoms with Crippen LogP contribution in [-0.4, -0.2) is 38.3 Å². The molecule has 9 nitrogen and oxygen atoms in total. The SMILES string of the molecule is CCc1cc(C)cc(CC)c1-c1c(OC(=O)c2c(N)nn3c2CCC3)n2n(c1=O)CCOCC2. The first kappa shape index (κ1) is 22.5. The van der Waals surface area contributed by atoms with Crippen LogP contribution in [0.25, 0.3) is 11.1 Å². The number of esters is 1. The molecule has 1 aromatic carbocycles. The normalized spacial score (nSPS) is 15.1. The maximum Gasteiger partial charge on any atom is 0.350 e. The lowest BCUT2D eigenvalue weighted by atomic mass is 9.91. The van der Waals surface area contributed by atoms with Crippen molar-refractivity contribution in [1.82, 2.24) is 19.1 Å². The van der Waals surface area contributed by atoms with E-state index in [1.54, 1.807) is 14.0 Å². The smallest absolute Gasteiger partial charge is 0.350 e. The number of benzene rings is 1. The van der Waals surface area contributed by atoms with Crippen LogP contribution in [0.5, 0.6) is 5.88 Å². The Morgan fingerprint density at radius 2 is 1.76 bits per heavy atom. The molecule has 4 heterocycles. The van der Waals surface area contributed by atoms with E-state index in [2.05, 4.69) is 38.0 Å². The van der Waals surface area contributed by atoms with Crippen LogP contribution in [0, 0.1) is 6.92 Å². The molecule has 2 aliphatic rings. The summed E-state index contributed by atoms with van der Waals surface area (Å²) in [6.07, 6.45) is 3.15. The number of nitrogens with zero attached hydrogens (tertiary/aromatic N) is 4. The minimum Gasteiger partial charge on any atom is -0.403 e. The Kier molecular flexibility index (Phi) is 5.81. The molecule has 0 amide bonds. The van der Waals surface area contributed by atoms with Crippen molar-refractivity contribution in [2.75, 3.05) is 18.9 Å². The Balaban J connectivity index is 1.71. The number of carbonyl (C=O) groups excluding carboxylic acids is 1. The lowest BCUT2D eigenvalue weighted by molar-refractivity contribution is 0.0714. The van der Waals surface area contributed by atoms with Crippen LogP contribution in [0.1, 0.15) is 53.0 Å². The molecular weight excluding hydrogens is 434 g/mol. The van der Waals surface area contributed by atoms with Gasteiger partial charge >= 0.3 is 5.97 Å². The van der Waals surface area contributed by atoms with Crippen LogP contribution in [-0.2, 0) is 43.6 Å². The summed E-state index contributed by atoms with van der Waals surface area (Å²) in [5.41, 5.74) is 11.6. The molecule has 2 aromatic heterocycles. The van der Waals surface area contributed by atoms with Crippen molar-refractivity contribution >= 4 is 11.8 Å². The third kappa shape index (κ3) is 3.55. The maximum absolute atomic E-state index is 13.8. The molecule has 34 heavy (non-hydrogen) atoms. The molecule has 180 valence electrons. The van der Waals surface area contributed by atoms with Crippen molar-refractivity contribution in [3.05, 3.63) is 50.4 Å². The molecule has 0 radical (unpaired) electrons. The van der Waals surface area contributed by atoms with Crippen LogP contribution in [0.4, 0.5) is 5.82 Å². The first-order chi connectivity index (χ1) is 16.4. The molecule has 3 aromatic rings. The molecule has 0 atom stereocenters. The van der Waals surface area contributed by atoms with Gasteiger partial charge in [0.05, 0.1) is 32.0 Å². The summed E-state index contributed by atoms with van der Waals surface area (Å²) in [7, 11) is 0. The monoisotopic (exact) mass is 465 g/mol. The van der Waals surface area contributed by atoms with E-state index in [1.165, 1.54) is 0 Å². The molecule has 2 aliphatic heterocycles. The lowest BCUT2D eigenvalue weighted by Crippen LogP contribution is -2.24. The highest BCUT2D eigenvalue weighted by atomic mass is 16.5. The number of nitrogen functional groups attached to an aromatic ring is 1.